The summed E-state index contributed by atoms with van der Waals surface area (Å²) in [7, 11) is 0. The van der Waals surface area contributed by atoms with Gasteiger partial charge >= 0.3 is 0 Å². The van der Waals surface area contributed by atoms with Crippen LogP contribution in [0, 0.1) is 11.3 Å². The molecule has 0 aromatic heterocycles. The predicted octanol–water partition coefficient (Wildman–Crippen LogP) is 4.04. The average Bonchev–Trinajstić information content (AvgIpc) is 2.18. The minimum absolute atomic E-state index is 0.386. The highest BCUT2D eigenvalue weighted by atomic mass is 79.9. The van der Waals surface area contributed by atoms with Gasteiger partial charge in [-0.25, -0.2) is 0 Å². The lowest BCUT2D eigenvalue weighted by Crippen LogP contribution is -1.96. The van der Waals surface area contributed by atoms with Crippen LogP contribution < -0.4 is 0 Å². The van der Waals surface area contributed by atoms with Crippen molar-refractivity contribution in [3.63, 3.8) is 0 Å². The first-order valence-corrected chi connectivity index (χ1v) is 6.30. The molecule has 0 radical (unpaired) electrons. The van der Waals surface area contributed by atoms with Crippen LogP contribution in [0.1, 0.15) is 12.5 Å². The molecule has 1 atom stereocenters. The monoisotopic (exact) mass is 289 g/mol. The fourth-order valence-electron chi connectivity index (χ4n) is 0.924. The number of alkyl halides is 1. The molecule has 0 aliphatic rings. The first kappa shape index (κ1) is 11.9. The molecule has 0 N–H and O–H groups in total. The fourth-order valence-corrected chi connectivity index (χ4v) is 2.59. The van der Waals surface area contributed by atoms with E-state index in [4.69, 9.17) is 16.9 Å². The molecule has 0 heterocycles. The fraction of sp³-hybridized carbons (Fsp3) is 0.300. The zero-order valence-corrected chi connectivity index (χ0v) is 10.8. The normalized spacial score (nSPS) is 12.1. The minimum atomic E-state index is 0.386. The summed E-state index contributed by atoms with van der Waals surface area (Å²) >= 11 is 10.8. The standard InChI is InChI=1S/C10H9BrClNS/c1-7(5-12)14-9-3-2-8(6-13)10(11)4-9/h2-4,7H,5H2,1H3. The Labute approximate surface area is 102 Å². The molecule has 1 aromatic carbocycles. The number of nitrogens with zero attached hydrogens (tertiary/aromatic N) is 1. The topological polar surface area (TPSA) is 23.8 Å². The van der Waals surface area contributed by atoms with E-state index < -0.39 is 0 Å². The maximum Gasteiger partial charge on any atom is 0.100 e. The lowest BCUT2D eigenvalue weighted by atomic mass is 10.2. The summed E-state index contributed by atoms with van der Waals surface area (Å²) in [6, 6.07) is 7.81. The number of nitriles is 1. The Kier molecular flexibility index (Phi) is 4.80. The highest BCUT2D eigenvalue weighted by Gasteiger charge is 2.05. The number of hydrogen-bond acceptors (Lipinski definition) is 2. The van der Waals surface area contributed by atoms with Crippen molar-refractivity contribution in [1.29, 1.82) is 5.26 Å². The predicted molar refractivity (Wildman–Crippen MR) is 64.9 cm³/mol. The lowest BCUT2D eigenvalue weighted by molar-refractivity contribution is 1.12. The third-order valence-electron chi connectivity index (χ3n) is 1.62. The molecule has 0 saturated heterocycles. The smallest absolute Gasteiger partial charge is 0.100 e. The van der Waals surface area contributed by atoms with Crippen molar-refractivity contribution >= 4 is 39.3 Å². The van der Waals surface area contributed by atoms with Crippen LogP contribution in [0.5, 0.6) is 0 Å². The largest absolute Gasteiger partial charge is 0.192 e. The van der Waals surface area contributed by atoms with Gasteiger partial charge in [0.05, 0.1) is 5.56 Å². The Bertz CT molecular complexity index is 362. The van der Waals surface area contributed by atoms with E-state index >= 15 is 0 Å². The molecule has 0 saturated carbocycles. The zero-order chi connectivity index (χ0) is 10.6. The van der Waals surface area contributed by atoms with Crippen LogP contribution in [0.4, 0.5) is 0 Å². The Morgan fingerprint density at radius 3 is 2.86 bits per heavy atom. The van der Waals surface area contributed by atoms with Crippen molar-refractivity contribution in [3.05, 3.63) is 28.2 Å². The molecule has 1 unspecified atom stereocenters. The highest BCUT2D eigenvalue weighted by molar-refractivity contribution is 9.10. The number of benzene rings is 1. The second-order valence-corrected chi connectivity index (χ2v) is 5.51. The van der Waals surface area contributed by atoms with Gasteiger partial charge in [-0.2, -0.15) is 5.26 Å². The van der Waals surface area contributed by atoms with Crippen LogP contribution in [0.3, 0.4) is 0 Å². The van der Waals surface area contributed by atoms with Gasteiger partial charge in [0, 0.05) is 20.5 Å². The van der Waals surface area contributed by atoms with Crippen LogP contribution in [0.25, 0.3) is 0 Å². The molecular weight excluding hydrogens is 282 g/mol. The molecule has 1 aromatic rings. The van der Waals surface area contributed by atoms with Crippen molar-refractivity contribution in [1.82, 2.24) is 0 Å². The lowest BCUT2D eigenvalue weighted by Gasteiger charge is -2.07. The van der Waals surface area contributed by atoms with Gasteiger partial charge in [-0.3, -0.25) is 0 Å². The van der Waals surface area contributed by atoms with E-state index in [1.807, 2.05) is 18.2 Å². The SMILES string of the molecule is CC(CCl)Sc1ccc(C#N)c(Br)c1. The van der Waals surface area contributed by atoms with E-state index in [-0.39, 0.29) is 0 Å². The van der Waals surface area contributed by atoms with E-state index in [9.17, 15) is 0 Å². The average molecular weight is 291 g/mol. The van der Waals surface area contributed by atoms with Crippen molar-refractivity contribution in [2.24, 2.45) is 0 Å². The van der Waals surface area contributed by atoms with Gasteiger partial charge in [0.2, 0.25) is 0 Å². The molecule has 1 nitrogen and oxygen atoms in total. The maximum absolute atomic E-state index is 8.73. The molecular formula is C10H9BrClNS. The summed E-state index contributed by atoms with van der Waals surface area (Å²) in [6.07, 6.45) is 0. The van der Waals surface area contributed by atoms with Gasteiger partial charge < -0.3 is 0 Å². The van der Waals surface area contributed by atoms with Gasteiger partial charge in [-0.15, -0.1) is 23.4 Å². The summed E-state index contributed by atoms with van der Waals surface area (Å²) in [5, 5.41) is 9.12. The molecule has 0 bridgehead atoms. The first-order chi connectivity index (χ1) is 6.67. The summed E-state index contributed by atoms with van der Waals surface area (Å²) in [4.78, 5) is 1.13. The van der Waals surface area contributed by atoms with E-state index in [1.165, 1.54) is 0 Å². The molecule has 0 amide bonds. The zero-order valence-electron chi connectivity index (χ0n) is 7.63. The third-order valence-corrected chi connectivity index (χ3v) is 4.01. The van der Waals surface area contributed by atoms with Crippen LogP contribution in [-0.2, 0) is 0 Å². The summed E-state index contributed by atoms with van der Waals surface area (Å²) in [5.41, 5.74) is 0.660. The molecule has 0 spiro atoms. The van der Waals surface area contributed by atoms with Crippen molar-refractivity contribution in [3.8, 4) is 6.07 Å². The van der Waals surface area contributed by atoms with E-state index in [0.717, 1.165) is 9.37 Å². The molecule has 0 aliphatic carbocycles. The van der Waals surface area contributed by atoms with Crippen LogP contribution >= 0.6 is 39.3 Å². The quantitative estimate of drug-likeness (QED) is 0.619. The van der Waals surface area contributed by atoms with Crippen LogP contribution in [0.2, 0.25) is 0 Å². The van der Waals surface area contributed by atoms with Gasteiger partial charge in [0.25, 0.3) is 0 Å². The highest BCUT2D eigenvalue weighted by Crippen LogP contribution is 2.28. The summed E-state index contributed by atoms with van der Waals surface area (Å²) in [5.74, 6) is 0.627. The van der Waals surface area contributed by atoms with E-state index in [0.29, 0.717) is 16.7 Å². The van der Waals surface area contributed by atoms with Crippen molar-refractivity contribution in [2.75, 3.05) is 5.88 Å². The molecule has 0 aliphatic heterocycles. The Balaban J connectivity index is 2.82. The molecule has 0 fully saturated rings. The second-order valence-electron chi connectivity index (χ2n) is 2.84. The van der Waals surface area contributed by atoms with Gasteiger partial charge in [-0.05, 0) is 34.1 Å². The molecule has 1 rings (SSSR count). The van der Waals surface area contributed by atoms with Gasteiger partial charge in [0.15, 0.2) is 0 Å². The summed E-state index contributed by atoms with van der Waals surface area (Å²) < 4.78 is 0.840. The van der Waals surface area contributed by atoms with Crippen molar-refractivity contribution < 1.29 is 0 Å². The number of halogens is 2. The molecule has 74 valence electrons. The Morgan fingerprint density at radius 1 is 1.64 bits per heavy atom. The number of rotatable bonds is 3. The van der Waals surface area contributed by atoms with E-state index in [1.54, 1.807) is 11.8 Å². The second kappa shape index (κ2) is 5.65. The van der Waals surface area contributed by atoms with Gasteiger partial charge in [-0.1, -0.05) is 6.92 Å². The third kappa shape index (κ3) is 3.20. The van der Waals surface area contributed by atoms with Gasteiger partial charge in [0.1, 0.15) is 6.07 Å². The van der Waals surface area contributed by atoms with Crippen LogP contribution in [0.15, 0.2) is 27.6 Å². The summed E-state index contributed by atoms with van der Waals surface area (Å²) in [6.45, 7) is 2.07. The maximum atomic E-state index is 8.73. The van der Waals surface area contributed by atoms with Crippen molar-refractivity contribution in [2.45, 2.75) is 17.1 Å². The Hall–Kier alpha value is -0.170. The number of thioether (sulfide) groups is 1. The Morgan fingerprint density at radius 2 is 2.36 bits per heavy atom. The molecule has 4 heteroatoms. The minimum Gasteiger partial charge on any atom is -0.192 e. The molecule has 14 heavy (non-hydrogen) atoms. The van der Waals surface area contributed by atoms with E-state index in [2.05, 4.69) is 28.9 Å². The van der Waals surface area contributed by atoms with Crippen LogP contribution in [-0.4, -0.2) is 11.1 Å². The number of hydrogen-bond donors (Lipinski definition) is 0. The first-order valence-electron chi connectivity index (χ1n) is 4.09.